The Morgan fingerprint density at radius 2 is 1.88 bits per heavy atom. The first-order chi connectivity index (χ1) is 11.4. The molecule has 6 heteroatoms. The zero-order valence-corrected chi connectivity index (χ0v) is 12.8. The summed E-state index contributed by atoms with van der Waals surface area (Å²) in [4.78, 5) is 3.86. The molecule has 0 fully saturated rings. The fourth-order valence-corrected chi connectivity index (χ4v) is 2.58. The number of aromatic nitrogens is 1. The molecular weight excluding hydrogens is 317 g/mol. The lowest BCUT2D eigenvalue weighted by Gasteiger charge is -2.20. The highest BCUT2D eigenvalue weighted by Gasteiger charge is 2.34. The maximum Gasteiger partial charge on any atom is 0.416 e. The monoisotopic (exact) mass is 332 g/mol. The Kier molecular flexibility index (Phi) is 4.29. The van der Waals surface area contributed by atoms with E-state index in [1.807, 2.05) is 18.2 Å². The van der Waals surface area contributed by atoms with Crippen molar-refractivity contribution in [1.29, 1.82) is 0 Å². The lowest BCUT2D eigenvalue weighted by Crippen LogP contribution is -2.15. The van der Waals surface area contributed by atoms with Gasteiger partial charge in [0.05, 0.1) is 11.8 Å². The minimum Gasteiger partial charge on any atom is -0.444 e. The Bertz CT molecular complexity index is 813. The van der Waals surface area contributed by atoms with Gasteiger partial charge < -0.3 is 9.73 Å². The van der Waals surface area contributed by atoms with Crippen molar-refractivity contribution in [3.8, 4) is 11.3 Å². The molecule has 0 aliphatic carbocycles. The number of anilines is 1. The summed E-state index contributed by atoms with van der Waals surface area (Å²) in [7, 11) is 0. The van der Waals surface area contributed by atoms with Crippen LogP contribution in [0.2, 0.25) is 0 Å². The number of hydrogen-bond acceptors (Lipinski definition) is 3. The average Bonchev–Trinajstić information content (AvgIpc) is 3.09. The van der Waals surface area contributed by atoms with Crippen LogP contribution in [-0.4, -0.2) is 4.98 Å². The highest BCUT2D eigenvalue weighted by molar-refractivity contribution is 5.63. The summed E-state index contributed by atoms with van der Waals surface area (Å²) in [6, 6.07) is 12.3. The molecular formula is C18H15F3N2O. The number of nitrogens with one attached hydrogen (secondary N) is 1. The fourth-order valence-electron chi connectivity index (χ4n) is 2.58. The van der Waals surface area contributed by atoms with E-state index in [4.69, 9.17) is 4.42 Å². The molecule has 1 N–H and O–H groups in total. The summed E-state index contributed by atoms with van der Waals surface area (Å²) in [5.74, 6) is 0.599. The third-order valence-corrected chi connectivity index (χ3v) is 3.70. The second-order valence-corrected chi connectivity index (χ2v) is 5.40. The molecule has 0 saturated heterocycles. The van der Waals surface area contributed by atoms with Gasteiger partial charge in [0.25, 0.3) is 0 Å². The summed E-state index contributed by atoms with van der Waals surface area (Å²) >= 11 is 0. The molecule has 1 unspecified atom stereocenters. The Morgan fingerprint density at radius 1 is 1.08 bits per heavy atom. The van der Waals surface area contributed by atoms with Gasteiger partial charge in [0, 0.05) is 17.3 Å². The SMILES string of the molecule is CC(Nc1cccc(-c2cnco2)c1)c1ccccc1C(F)(F)F. The van der Waals surface area contributed by atoms with Crippen molar-refractivity contribution < 1.29 is 17.6 Å². The minimum atomic E-state index is -4.38. The van der Waals surface area contributed by atoms with Crippen LogP contribution in [0.5, 0.6) is 0 Å². The molecule has 0 spiro atoms. The highest BCUT2D eigenvalue weighted by Crippen LogP contribution is 2.35. The third-order valence-electron chi connectivity index (χ3n) is 3.70. The van der Waals surface area contributed by atoms with Crippen LogP contribution in [-0.2, 0) is 6.18 Å². The number of oxazole rings is 1. The first kappa shape index (κ1) is 16.1. The van der Waals surface area contributed by atoms with Gasteiger partial charge in [-0.15, -0.1) is 0 Å². The first-order valence-corrected chi connectivity index (χ1v) is 7.37. The largest absolute Gasteiger partial charge is 0.444 e. The van der Waals surface area contributed by atoms with Gasteiger partial charge in [-0.3, -0.25) is 0 Å². The van der Waals surface area contributed by atoms with E-state index in [9.17, 15) is 13.2 Å². The van der Waals surface area contributed by atoms with Crippen LogP contribution in [0.4, 0.5) is 18.9 Å². The van der Waals surface area contributed by atoms with E-state index in [0.29, 0.717) is 11.4 Å². The number of hydrogen-bond donors (Lipinski definition) is 1. The lowest BCUT2D eigenvalue weighted by atomic mass is 10.0. The lowest BCUT2D eigenvalue weighted by molar-refractivity contribution is -0.138. The summed E-state index contributed by atoms with van der Waals surface area (Å²) < 4.78 is 44.7. The van der Waals surface area contributed by atoms with E-state index in [1.54, 1.807) is 25.3 Å². The van der Waals surface area contributed by atoms with Crippen LogP contribution in [0.3, 0.4) is 0 Å². The molecule has 0 saturated carbocycles. The quantitative estimate of drug-likeness (QED) is 0.682. The molecule has 124 valence electrons. The van der Waals surface area contributed by atoms with Crippen LogP contribution < -0.4 is 5.32 Å². The standard InChI is InChI=1S/C18H15F3N2O/c1-12(15-7-2-3-8-16(15)18(19,20)21)23-14-6-4-5-13(9-14)17-10-22-11-24-17/h2-12,23H,1H3. The maximum absolute atomic E-state index is 13.2. The molecule has 3 rings (SSSR count). The molecule has 0 bridgehead atoms. The number of alkyl halides is 3. The highest BCUT2D eigenvalue weighted by atomic mass is 19.4. The van der Waals surface area contributed by atoms with Crippen molar-refractivity contribution in [2.75, 3.05) is 5.32 Å². The van der Waals surface area contributed by atoms with Crippen molar-refractivity contribution in [3.05, 3.63) is 72.2 Å². The molecule has 1 heterocycles. The summed E-state index contributed by atoms with van der Waals surface area (Å²) in [6.07, 6.45) is -1.46. The second kappa shape index (κ2) is 6.39. The molecule has 0 radical (unpaired) electrons. The Hall–Kier alpha value is -2.76. The zero-order chi connectivity index (χ0) is 17.2. The second-order valence-electron chi connectivity index (χ2n) is 5.40. The molecule has 2 aromatic carbocycles. The van der Waals surface area contributed by atoms with Crippen LogP contribution in [0.1, 0.15) is 24.1 Å². The number of nitrogens with zero attached hydrogens (tertiary/aromatic N) is 1. The normalized spacial score (nSPS) is 12.8. The molecule has 3 aromatic rings. The number of halogens is 3. The van der Waals surface area contributed by atoms with E-state index in [1.165, 1.54) is 18.5 Å². The molecule has 0 aliphatic heterocycles. The predicted octanol–water partition coefficient (Wildman–Crippen LogP) is 5.53. The van der Waals surface area contributed by atoms with Crippen LogP contribution >= 0.6 is 0 Å². The summed E-state index contributed by atoms with van der Waals surface area (Å²) in [6.45, 7) is 1.70. The first-order valence-electron chi connectivity index (χ1n) is 7.37. The van der Waals surface area contributed by atoms with Gasteiger partial charge in [0.15, 0.2) is 12.2 Å². The molecule has 1 atom stereocenters. The Morgan fingerprint density at radius 3 is 2.58 bits per heavy atom. The average molecular weight is 332 g/mol. The van der Waals surface area contributed by atoms with Gasteiger partial charge in [0.2, 0.25) is 0 Å². The van der Waals surface area contributed by atoms with E-state index >= 15 is 0 Å². The summed E-state index contributed by atoms with van der Waals surface area (Å²) in [5.41, 5.74) is 1.08. The Labute approximate surface area is 137 Å². The van der Waals surface area contributed by atoms with E-state index in [0.717, 1.165) is 11.6 Å². The molecule has 0 aliphatic rings. The van der Waals surface area contributed by atoms with Gasteiger partial charge in [-0.05, 0) is 30.7 Å². The Balaban J connectivity index is 1.86. The minimum absolute atomic E-state index is 0.204. The van der Waals surface area contributed by atoms with Crippen molar-refractivity contribution >= 4 is 5.69 Å². The summed E-state index contributed by atoms with van der Waals surface area (Å²) in [5, 5.41) is 3.11. The van der Waals surface area contributed by atoms with Gasteiger partial charge in [0.1, 0.15) is 0 Å². The fraction of sp³-hybridized carbons (Fsp3) is 0.167. The van der Waals surface area contributed by atoms with Gasteiger partial charge >= 0.3 is 6.18 Å². The third kappa shape index (κ3) is 3.42. The van der Waals surface area contributed by atoms with Gasteiger partial charge in [-0.25, -0.2) is 4.98 Å². The van der Waals surface area contributed by atoms with Crippen LogP contribution in [0.15, 0.2) is 65.5 Å². The number of benzene rings is 2. The topological polar surface area (TPSA) is 38.1 Å². The van der Waals surface area contributed by atoms with Gasteiger partial charge in [-0.2, -0.15) is 13.2 Å². The van der Waals surface area contributed by atoms with Crippen molar-refractivity contribution in [3.63, 3.8) is 0 Å². The van der Waals surface area contributed by atoms with Gasteiger partial charge in [-0.1, -0.05) is 30.3 Å². The predicted molar refractivity (Wildman–Crippen MR) is 85.4 cm³/mol. The van der Waals surface area contributed by atoms with Crippen molar-refractivity contribution in [2.45, 2.75) is 19.1 Å². The molecule has 1 aromatic heterocycles. The van der Waals surface area contributed by atoms with E-state index in [-0.39, 0.29) is 5.56 Å². The maximum atomic E-state index is 13.2. The van der Waals surface area contributed by atoms with Crippen molar-refractivity contribution in [1.82, 2.24) is 4.98 Å². The molecule has 24 heavy (non-hydrogen) atoms. The molecule has 3 nitrogen and oxygen atoms in total. The van der Waals surface area contributed by atoms with Crippen molar-refractivity contribution in [2.24, 2.45) is 0 Å². The zero-order valence-electron chi connectivity index (χ0n) is 12.8. The molecule has 0 amide bonds. The smallest absolute Gasteiger partial charge is 0.416 e. The van der Waals surface area contributed by atoms with E-state index < -0.39 is 17.8 Å². The van der Waals surface area contributed by atoms with Crippen LogP contribution in [0, 0.1) is 0 Å². The van der Waals surface area contributed by atoms with Crippen LogP contribution in [0.25, 0.3) is 11.3 Å². The number of rotatable bonds is 4. The van der Waals surface area contributed by atoms with E-state index in [2.05, 4.69) is 10.3 Å².